The number of carboxylic acids is 1. The molecule has 0 saturated carbocycles. The van der Waals surface area contributed by atoms with E-state index in [0.29, 0.717) is 11.6 Å². The number of benzene rings is 1. The average Bonchev–Trinajstić information content (AvgIpc) is 2.90. The third kappa shape index (κ3) is 2.52. The molecule has 0 bridgehead atoms. The summed E-state index contributed by atoms with van der Waals surface area (Å²) in [6.07, 6.45) is 1.37. The van der Waals surface area contributed by atoms with Crippen molar-refractivity contribution in [2.75, 3.05) is 0 Å². The summed E-state index contributed by atoms with van der Waals surface area (Å²) in [5.41, 5.74) is 4.19. The van der Waals surface area contributed by atoms with Crippen LogP contribution in [0.25, 0.3) is 22.3 Å². The molecule has 0 radical (unpaired) electrons. The number of pyridine rings is 1. The van der Waals surface area contributed by atoms with Gasteiger partial charge in [0, 0.05) is 17.3 Å². The van der Waals surface area contributed by atoms with E-state index >= 15 is 0 Å². The van der Waals surface area contributed by atoms with E-state index in [1.165, 1.54) is 11.8 Å². The average molecular weight is 280 g/mol. The van der Waals surface area contributed by atoms with Gasteiger partial charge in [0.15, 0.2) is 0 Å². The zero-order valence-electron chi connectivity index (χ0n) is 11.9. The van der Waals surface area contributed by atoms with Crippen LogP contribution in [0.15, 0.2) is 42.6 Å². The van der Waals surface area contributed by atoms with Gasteiger partial charge in [0.25, 0.3) is 0 Å². The zero-order chi connectivity index (χ0) is 15.0. The van der Waals surface area contributed by atoms with E-state index in [9.17, 15) is 4.79 Å². The number of rotatable bonds is 3. The van der Waals surface area contributed by atoms with Gasteiger partial charge in [0.1, 0.15) is 5.65 Å². The SMILES string of the molecule is CC(C)c1ccc(-c2cc3cc(C(=O)O)cnc3[nH]2)cc1. The third-order valence-corrected chi connectivity index (χ3v) is 3.61. The predicted molar refractivity (Wildman–Crippen MR) is 82.6 cm³/mol. The van der Waals surface area contributed by atoms with Crippen LogP contribution < -0.4 is 0 Å². The minimum atomic E-state index is -0.964. The molecule has 2 aromatic heterocycles. The molecule has 0 aliphatic rings. The van der Waals surface area contributed by atoms with E-state index < -0.39 is 5.97 Å². The van der Waals surface area contributed by atoms with Crippen LogP contribution in [-0.2, 0) is 0 Å². The van der Waals surface area contributed by atoms with Gasteiger partial charge in [-0.25, -0.2) is 9.78 Å². The molecule has 2 N–H and O–H groups in total. The fourth-order valence-corrected chi connectivity index (χ4v) is 2.34. The molecular formula is C17H16N2O2. The summed E-state index contributed by atoms with van der Waals surface area (Å²) in [5.74, 6) is -0.463. The second kappa shape index (κ2) is 5.05. The van der Waals surface area contributed by atoms with Gasteiger partial charge in [-0.2, -0.15) is 0 Å². The Bertz CT molecular complexity index is 801. The Labute approximate surface area is 122 Å². The van der Waals surface area contributed by atoms with E-state index in [4.69, 9.17) is 5.11 Å². The van der Waals surface area contributed by atoms with Crippen LogP contribution in [0.2, 0.25) is 0 Å². The monoisotopic (exact) mass is 280 g/mol. The highest BCUT2D eigenvalue weighted by atomic mass is 16.4. The van der Waals surface area contributed by atoms with Crippen molar-refractivity contribution in [2.24, 2.45) is 0 Å². The molecule has 0 unspecified atom stereocenters. The summed E-state index contributed by atoms with van der Waals surface area (Å²) < 4.78 is 0. The Morgan fingerprint density at radius 2 is 1.90 bits per heavy atom. The van der Waals surface area contributed by atoms with E-state index in [0.717, 1.165) is 16.6 Å². The van der Waals surface area contributed by atoms with Crippen LogP contribution in [0.5, 0.6) is 0 Å². The summed E-state index contributed by atoms with van der Waals surface area (Å²) in [4.78, 5) is 18.4. The Hall–Kier alpha value is -2.62. The minimum Gasteiger partial charge on any atom is -0.478 e. The van der Waals surface area contributed by atoms with Crippen molar-refractivity contribution in [1.29, 1.82) is 0 Å². The van der Waals surface area contributed by atoms with E-state index in [-0.39, 0.29) is 5.56 Å². The molecule has 1 aromatic carbocycles. The lowest BCUT2D eigenvalue weighted by atomic mass is 10.0. The first-order valence-electron chi connectivity index (χ1n) is 6.87. The van der Waals surface area contributed by atoms with Crippen molar-refractivity contribution in [3.63, 3.8) is 0 Å². The van der Waals surface area contributed by atoms with Crippen molar-refractivity contribution in [1.82, 2.24) is 9.97 Å². The minimum absolute atomic E-state index is 0.197. The molecule has 2 heterocycles. The quantitative estimate of drug-likeness (QED) is 0.760. The molecule has 0 aliphatic heterocycles. The first-order valence-corrected chi connectivity index (χ1v) is 6.87. The smallest absolute Gasteiger partial charge is 0.337 e. The molecule has 21 heavy (non-hydrogen) atoms. The molecule has 4 heteroatoms. The normalized spacial score (nSPS) is 11.2. The topological polar surface area (TPSA) is 66.0 Å². The van der Waals surface area contributed by atoms with E-state index in [1.807, 2.05) is 6.07 Å². The summed E-state index contributed by atoms with van der Waals surface area (Å²) in [6, 6.07) is 11.9. The van der Waals surface area contributed by atoms with Crippen LogP contribution in [0.4, 0.5) is 0 Å². The second-order valence-electron chi connectivity index (χ2n) is 5.43. The fraction of sp³-hybridized carbons (Fsp3) is 0.176. The Balaban J connectivity index is 2.02. The third-order valence-electron chi connectivity index (χ3n) is 3.61. The van der Waals surface area contributed by atoms with Crippen molar-refractivity contribution >= 4 is 17.0 Å². The number of hydrogen-bond acceptors (Lipinski definition) is 2. The maximum absolute atomic E-state index is 11.0. The molecule has 0 spiro atoms. The first-order chi connectivity index (χ1) is 10.0. The summed E-state index contributed by atoms with van der Waals surface area (Å²) in [5, 5.41) is 9.80. The predicted octanol–water partition coefficient (Wildman–Crippen LogP) is 4.05. The molecule has 0 aliphatic carbocycles. The molecule has 4 nitrogen and oxygen atoms in total. The number of aromatic amines is 1. The maximum atomic E-state index is 11.0. The zero-order valence-corrected chi connectivity index (χ0v) is 11.9. The Morgan fingerprint density at radius 3 is 2.52 bits per heavy atom. The number of carbonyl (C=O) groups is 1. The molecule has 0 amide bonds. The van der Waals surface area contributed by atoms with Crippen LogP contribution >= 0.6 is 0 Å². The van der Waals surface area contributed by atoms with Gasteiger partial charge in [-0.05, 0) is 29.2 Å². The van der Waals surface area contributed by atoms with Crippen molar-refractivity contribution in [3.05, 3.63) is 53.7 Å². The van der Waals surface area contributed by atoms with Crippen molar-refractivity contribution < 1.29 is 9.90 Å². The number of carboxylic acid groups (broad SMARTS) is 1. The number of nitrogens with one attached hydrogen (secondary N) is 1. The molecule has 0 saturated heterocycles. The van der Waals surface area contributed by atoms with Gasteiger partial charge in [-0.3, -0.25) is 0 Å². The van der Waals surface area contributed by atoms with Gasteiger partial charge in [0.05, 0.1) is 5.56 Å². The molecule has 0 fully saturated rings. The van der Waals surface area contributed by atoms with Gasteiger partial charge < -0.3 is 10.1 Å². The van der Waals surface area contributed by atoms with E-state index in [1.54, 1.807) is 6.07 Å². The summed E-state index contributed by atoms with van der Waals surface area (Å²) >= 11 is 0. The highest BCUT2D eigenvalue weighted by Gasteiger charge is 2.09. The largest absolute Gasteiger partial charge is 0.478 e. The van der Waals surface area contributed by atoms with Gasteiger partial charge in [-0.15, -0.1) is 0 Å². The first kappa shape index (κ1) is 13.4. The Morgan fingerprint density at radius 1 is 1.19 bits per heavy atom. The Kier molecular flexibility index (Phi) is 3.22. The summed E-state index contributed by atoms with van der Waals surface area (Å²) in [7, 11) is 0. The van der Waals surface area contributed by atoms with Crippen molar-refractivity contribution in [2.45, 2.75) is 19.8 Å². The number of aromatic nitrogens is 2. The molecule has 0 atom stereocenters. The number of fused-ring (bicyclic) bond motifs is 1. The van der Waals surface area contributed by atoms with Crippen LogP contribution in [-0.4, -0.2) is 21.0 Å². The lowest BCUT2D eigenvalue weighted by molar-refractivity contribution is 0.0696. The van der Waals surface area contributed by atoms with Gasteiger partial charge >= 0.3 is 5.97 Å². The van der Waals surface area contributed by atoms with E-state index in [2.05, 4.69) is 48.1 Å². The number of aromatic carboxylic acids is 1. The number of nitrogens with zero attached hydrogens (tertiary/aromatic N) is 1. The highest BCUT2D eigenvalue weighted by molar-refractivity contribution is 5.93. The fourth-order valence-electron chi connectivity index (χ4n) is 2.34. The molecular weight excluding hydrogens is 264 g/mol. The lowest BCUT2D eigenvalue weighted by Crippen LogP contribution is -1.96. The molecule has 106 valence electrons. The van der Waals surface area contributed by atoms with Crippen LogP contribution in [0.1, 0.15) is 35.7 Å². The van der Waals surface area contributed by atoms with Gasteiger partial charge in [-0.1, -0.05) is 38.1 Å². The van der Waals surface area contributed by atoms with Crippen LogP contribution in [0.3, 0.4) is 0 Å². The maximum Gasteiger partial charge on any atom is 0.337 e. The summed E-state index contributed by atoms with van der Waals surface area (Å²) in [6.45, 7) is 4.32. The van der Waals surface area contributed by atoms with Crippen molar-refractivity contribution in [3.8, 4) is 11.3 Å². The molecule has 3 aromatic rings. The number of hydrogen-bond donors (Lipinski definition) is 2. The van der Waals surface area contributed by atoms with Crippen LogP contribution in [0, 0.1) is 0 Å². The highest BCUT2D eigenvalue weighted by Crippen LogP contribution is 2.25. The number of H-pyrrole nitrogens is 1. The lowest BCUT2D eigenvalue weighted by Gasteiger charge is -2.05. The van der Waals surface area contributed by atoms with Gasteiger partial charge in [0.2, 0.25) is 0 Å². The second-order valence-corrected chi connectivity index (χ2v) is 5.43. The standard InChI is InChI=1S/C17H16N2O2/c1-10(2)11-3-5-12(6-4-11)15-8-13-7-14(17(20)21)9-18-16(13)19-15/h3-10H,1-2H3,(H,18,19)(H,20,21). The molecule has 3 rings (SSSR count).